The molecular weight excluding hydrogens is 231 g/mol. The first kappa shape index (κ1) is 8.32. The van der Waals surface area contributed by atoms with Crippen LogP contribution in [-0.4, -0.2) is 27.1 Å². The van der Waals surface area contributed by atoms with Gasteiger partial charge in [0.05, 0.1) is 0 Å². The van der Waals surface area contributed by atoms with E-state index in [1.165, 1.54) is 0 Å². The molecule has 1 aromatic heterocycles. The fourth-order valence-corrected chi connectivity index (χ4v) is 1.86. The zero-order valence-electron chi connectivity index (χ0n) is 6.50. The number of hydrogen-bond donors (Lipinski definition) is 2. The number of rotatable bonds is 0. The molecule has 1 aromatic carbocycles. The summed E-state index contributed by atoms with van der Waals surface area (Å²) in [5.41, 5.74) is -0.548. The van der Waals surface area contributed by atoms with Crippen molar-refractivity contribution >= 4 is 32.0 Å². The SMILES string of the molecule is O=c1[nH][nH]c(=O)c2c([As])cccc12. The summed E-state index contributed by atoms with van der Waals surface area (Å²) in [5, 5.41) is 5.40. The minimum atomic E-state index is -0.275. The Morgan fingerprint density at radius 1 is 1.08 bits per heavy atom. The molecule has 2 N–H and O–H groups in total. The van der Waals surface area contributed by atoms with Crippen LogP contribution >= 0.6 is 0 Å². The number of aromatic nitrogens is 2. The first-order valence-electron chi connectivity index (χ1n) is 3.63. The van der Waals surface area contributed by atoms with Gasteiger partial charge in [-0.1, -0.05) is 0 Å². The van der Waals surface area contributed by atoms with Crippen LogP contribution in [0.25, 0.3) is 10.8 Å². The molecule has 2 rings (SSSR count). The Kier molecular flexibility index (Phi) is 1.85. The molecule has 4 nitrogen and oxygen atoms in total. The van der Waals surface area contributed by atoms with E-state index in [0.29, 0.717) is 10.8 Å². The van der Waals surface area contributed by atoms with E-state index in [1.54, 1.807) is 18.2 Å². The van der Waals surface area contributed by atoms with Gasteiger partial charge >= 0.3 is 81.1 Å². The van der Waals surface area contributed by atoms with Crippen molar-refractivity contribution in [3.05, 3.63) is 38.9 Å². The molecule has 2 radical (unpaired) electrons. The molecule has 0 bridgehead atoms. The number of nitrogens with one attached hydrogen (secondary N) is 2. The van der Waals surface area contributed by atoms with E-state index < -0.39 is 0 Å². The number of fused-ring (bicyclic) bond motifs is 1. The summed E-state index contributed by atoms with van der Waals surface area (Å²) in [6.07, 6.45) is 0. The summed E-state index contributed by atoms with van der Waals surface area (Å²) in [6.45, 7) is 0. The maximum atomic E-state index is 11.3. The number of H-pyrrole nitrogens is 2. The van der Waals surface area contributed by atoms with Crippen molar-refractivity contribution in [3.63, 3.8) is 0 Å². The van der Waals surface area contributed by atoms with Gasteiger partial charge in [0.2, 0.25) is 0 Å². The van der Waals surface area contributed by atoms with Gasteiger partial charge in [-0.3, -0.25) is 0 Å². The van der Waals surface area contributed by atoms with E-state index in [0.717, 1.165) is 4.35 Å². The summed E-state index contributed by atoms with van der Waals surface area (Å²) in [5.74, 6) is 0. The van der Waals surface area contributed by atoms with Crippen LogP contribution in [0.3, 0.4) is 0 Å². The second-order valence-corrected chi connectivity index (χ2v) is 3.62. The third kappa shape index (κ3) is 1.23. The van der Waals surface area contributed by atoms with Crippen molar-refractivity contribution in [2.45, 2.75) is 0 Å². The first-order valence-corrected chi connectivity index (χ1v) is 4.56. The van der Waals surface area contributed by atoms with Crippen LogP contribution in [0.2, 0.25) is 0 Å². The summed E-state index contributed by atoms with van der Waals surface area (Å²) < 4.78 is 0.748. The molecule has 0 spiro atoms. The molecule has 0 fully saturated rings. The number of hydrogen-bond acceptors (Lipinski definition) is 2. The van der Waals surface area contributed by atoms with Crippen molar-refractivity contribution in [3.8, 4) is 0 Å². The maximum absolute atomic E-state index is 11.3. The summed E-state index contributed by atoms with van der Waals surface area (Å²) in [4.78, 5) is 22.6. The molecule has 0 saturated heterocycles. The molecule has 1 heterocycles. The topological polar surface area (TPSA) is 65.7 Å². The summed E-state index contributed by atoms with van der Waals surface area (Å²) >= 11 is 2.27. The van der Waals surface area contributed by atoms with Gasteiger partial charge in [0.1, 0.15) is 0 Å². The van der Waals surface area contributed by atoms with E-state index >= 15 is 0 Å². The van der Waals surface area contributed by atoms with Gasteiger partial charge in [-0.25, -0.2) is 0 Å². The van der Waals surface area contributed by atoms with Gasteiger partial charge in [-0.05, 0) is 0 Å². The normalized spacial score (nSPS) is 10.5. The van der Waals surface area contributed by atoms with Crippen LogP contribution in [0.4, 0.5) is 0 Å². The third-order valence-electron chi connectivity index (χ3n) is 1.80. The predicted octanol–water partition coefficient (Wildman–Crippen LogP) is -0.990. The average molecular weight is 236 g/mol. The van der Waals surface area contributed by atoms with Gasteiger partial charge < -0.3 is 0 Å². The molecule has 0 unspecified atom stereocenters. The van der Waals surface area contributed by atoms with E-state index in [1.807, 2.05) is 0 Å². The van der Waals surface area contributed by atoms with Crippen LogP contribution < -0.4 is 15.5 Å². The Balaban J connectivity index is 3.19. The van der Waals surface area contributed by atoms with E-state index in [9.17, 15) is 9.59 Å². The third-order valence-corrected chi connectivity index (χ3v) is 2.59. The Bertz CT molecular complexity index is 570. The van der Waals surface area contributed by atoms with Crippen molar-refractivity contribution < 1.29 is 0 Å². The van der Waals surface area contributed by atoms with Gasteiger partial charge in [0, 0.05) is 0 Å². The predicted molar refractivity (Wildman–Crippen MR) is 50.6 cm³/mol. The van der Waals surface area contributed by atoms with Gasteiger partial charge in [-0.2, -0.15) is 0 Å². The zero-order valence-corrected chi connectivity index (χ0v) is 8.37. The van der Waals surface area contributed by atoms with E-state index in [2.05, 4.69) is 27.1 Å². The molecule has 2 aromatic rings. The molecule has 0 amide bonds. The molecular formula is C8H5AsN2O2. The fourth-order valence-electron chi connectivity index (χ4n) is 1.21. The average Bonchev–Trinajstić information content (AvgIpc) is 2.12. The molecule has 0 saturated carbocycles. The number of aromatic amines is 2. The van der Waals surface area contributed by atoms with Crippen LogP contribution in [0.15, 0.2) is 27.8 Å². The molecule has 0 aliphatic rings. The van der Waals surface area contributed by atoms with Gasteiger partial charge in [0.25, 0.3) is 0 Å². The molecule has 5 heteroatoms. The Morgan fingerprint density at radius 3 is 2.46 bits per heavy atom. The second kappa shape index (κ2) is 2.89. The Labute approximate surface area is 81.5 Å². The van der Waals surface area contributed by atoms with Crippen LogP contribution in [0.1, 0.15) is 0 Å². The van der Waals surface area contributed by atoms with Crippen molar-refractivity contribution in [1.29, 1.82) is 0 Å². The standard InChI is InChI=1S/C8H5AsN2O2/c9-5-3-1-2-4-6(5)8(13)11-10-7(4)12/h1-3H,(H,10,12)(H,11,13). The Hall–Kier alpha value is -1.28. The van der Waals surface area contributed by atoms with E-state index in [-0.39, 0.29) is 11.1 Å². The molecule has 0 aliphatic heterocycles. The second-order valence-electron chi connectivity index (χ2n) is 2.61. The summed E-state index contributed by atoms with van der Waals surface area (Å²) in [6, 6.07) is 5.14. The van der Waals surface area contributed by atoms with E-state index in [4.69, 9.17) is 0 Å². The van der Waals surface area contributed by atoms with Crippen LogP contribution in [0, 0.1) is 0 Å². The minimum absolute atomic E-state index is 0.272. The van der Waals surface area contributed by atoms with Crippen molar-refractivity contribution in [2.75, 3.05) is 0 Å². The molecule has 0 atom stereocenters. The molecule has 0 aliphatic carbocycles. The monoisotopic (exact) mass is 236 g/mol. The zero-order chi connectivity index (χ0) is 9.42. The quantitative estimate of drug-likeness (QED) is 0.577. The van der Waals surface area contributed by atoms with Gasteiger partial charge in [-0.15, -0.1) is 0 Å². The van der Waals surface area contributed by atoms with Gasteiger partial charge in [0.15, 0.2) is 0 Å². The molecule has 13 heavy (non-hydrogen) atoms. The summed E-state index contributed by atoms with van der Waals surface area (Å²) in [7, 11) is 0. The van der Waals surface area contributed by atoms with Crippen molar-refractivity contribution in [1.82, 2.24) is 10.2 Å². The first-order chi connectivity index (χ1) is 6.20. The number of benzene rings is 1. The Morgan fingerprint density at radius 2 is 1.77 bits per heavy atom. The van der Waals surface area contributed by atoms with Crippen LogP contribution in [-0.2, 0) is 0 Å². The fraction of sp³-hybridized carbons (Fsp3) is 0. The molecule has 64 valence electrons. The van der Waals surface area contributed by atoms with Crippen LogP contribution in [0.5, 0.6) is 0 Å². The van der Waals surface area contributed by atoms with Crippen molar-refractivity contribution in [2.24, 2.45) is 0 Å².